The Hall–Kier alpha value is -0.840. The zero-order chi connectivity index (χ0) is 15.5. The number of carbonyl (C=O) groups excluding carboxylic acids is 2. The predicted octanol–water partition coefficient (Wildman–Crippen LogP) is 1.07. The number of ether oxygens (including phenoxy) is 2. The maximum absolute atomic E-state index is 11.8. The standard InChI is InChI=1S/C17H23O4.Na/c1-3-4-5-6-7-8-13-17(19)21-16-12-10-9-11-15(16)20-14(2)18;/h10-12H,3-8,13H2,1-2H3;/q-1;+1. The first-order valence-corrected chi connectivity index (χ1v) is 7.52. The van der Waals surface area contributed by atoms with Crippen molar-refractivity contribution in [2.75, 3.05) is 0 Å². The van der Waals surface area contributed by atoms with Crippen LogP contribution in [0.1, 0.15) is 58.8 Å². The van der Waals surface area contributed by atoms with Crippen molar-refractivity contribution in [2.45, 2.75) is 58.8 Å². The Balaban J connectivity index is 0.00000441. The van der Waals surface area contributed by atoms with E-state index in [1.807, 2.05) is 0 Å². The summed E-state index contributed by atoms with van der Waals surface area (Å²) in [5.41, 5.74) is 0. The second-order valence-corrected chi connectivity index (χ2v) is 4.96. The van der Waals surface area contributed by atoms with Gasteiger partial charge in [0.2, 0.25) is 0 Å². The van der Waals surface area contributed by atoms with Crippen LogP contribution in [0.25, 0.3) is 0 Å². The zero-order valence-corrected chi connectivity index (χ0v) is 15.8. The van der Waals surface area contributed by atoms with Crippen LogP contribution >= 0.6 is 0 Å². The predicted molar refractivity (Wildman–Crippen MR) is 80.2 cm³/mol. The summed E-state index contributed by atoms with van der Waals surface area (Å²) in [5, 5.41) is 0. The summed E-state index contributed by atoms with van der Waals surface area (Å²) in [7, 11) is 0. The summed E-state index contributed by atoms with van der Waals surface area (Å²) < 4.78 is 10.2. The normalized spacial score (nSPS) is 9.73. The van der Waals surface area contributed by atoms with Crippen molar-refractivity contribution in [3.8, 4) is 11.5 Å². The minimum absolute atomic E-state index is 0. The molecule has 1 aromatic carbocycles. The molecule has 0 spiro atoms. The van der Waals surface area contributed by atoms with Gasteiger partial charge >= 0.3 is 35.5 Å². The summed E-state index contributed by atoms with van der Waals surface area (Å²) >= 11 is 0. The summed E-state index contributed by atoms with van der Waals surface area (Å²) in [6.07, 6.45) is 7.07. The molecule has 1 aromatic rings. The number of hydrogen-bond donors (Lipinski definition) is 0. The quantitative estimate of drug-likeness (QED) is 0.225. The molecule has 0 amide bonds. The summed E-state index contributed by atoms with van der Waals surface area (Å²) in [4.78, 5) is 22.7. The van der Waals surface area contributed by atoms with Crippen molar-refractivity contribution in [3.05, 3.63) is 24.3 Å². The van der Waals surface area contributed by atoms with Crippen molar-refractivity contribution >= 4 is 11.9 Å². The molecule has 0 aliphatic heterocycles. The Morgan fingerprint density at radius 2 is 1.73 bits per heavy atom. The van der Waals surface area contributed by atoms with E-state index in [0.29, 0.717) is 6.42 Å². The van der Waals surface area contributed by atoms with Crippen molar-refractivity contribution in [3.63, 3.8) is 0 Å². The molecule has 0 heterocycles. The summed E-state index contributed by atoms with van der Waals surface area (Å²) in [5.74, 6) is -0.269. The molecule has 22 heavy (non-hydrogen) atoms. The Kier molecular flexibility index (Phi) is 12.2. The number of hydrogen-bond acceptors (Lipinski definition) is 4. The first-order valence-electron chi connectivity index (χ1n) is 7.52. The van der Waals surface area contributed by atoms with Crippen LogP contribution in [0.4, 0.5) is 0 Å². The first-order chi connectivity index (χ1) is 10.1. The second kappa shape index (κ2) is 12.7. The van der Waals surface area contributed by atoms with Gasteiger partial charge in [0.1, 0.15) is 0 Å². The van der Waals surface area contributed by atoms with Crippen LogP contribution in [0.3, 0.4) is 0 Å². The number of rotatable bonds is 9. The Morgan fingerprint density at radius 3 is 2.41 bits per heavy atom. The maximum Gasteiger partial charge on any atom is 1.00 e. The third-order valence-corrected chi connectivity index (χ3v) is 3.00. The van der Waals surface area contributed by atoms with Gasteiger partial charge in [0.25, 0.3) is 5.97 Å². The van der Waals surface area contributed by atoms with Crippen molar-refractivity contribution < 1.29 is 48.6 Å². The average Bonchev–Trinajstić information content (AvgIpc) is 2.44. The van der Waals surface area contributed by atoms with E-state index in [0.717, 1.165) is 19.3 Å². The number of esters is 2. The van der Waals surface area contributed by atoms with Crippen molar-refractivity contribution in [1.29, 1.82) is 0 Å². The number of carbonyl (C=O) groups is 2. The molecule has 0 aromatic heterocycles. The monoisotopic (exact) mass is 314 g/mol. The Bertz CT molecular complexity index is 460. The van der Waals surface area contributed by atoms with Crippen LogP contribution in [0.2, 0.25) is 0 Å². The first kappa shape index (κ1) is 21.2. The van der Waals surface area contributed by atoms with Gasteiger partial charge in [-0.15, -0.1) is 12.1 Å². The largest absolute Gasteiger partial charge is 1.00 e. The van der Waals surface area contributed by atoms with E-state index in [4.69, 9.17) is 9.47 Å². The number of benzene rings is 1. The molecule has 0 bridgehead atoms. The molecular formula is C17H23NaO4. The molecule has 0 saturated heterocycles. The molecule has 0 aliphatic rings. The van der Waals surface area contributed by atoms with Gasteiger partial charge < -0.3 is 9.47 Å². The minimum Gasteiger partial charge on any atom is -0.487 e. The average molecular weight is 314 g/mol. The molecule has 0 unspecified atom stereocenters. The molecule has 0 atom stereocenters. The molecule has 116 valence electrons. The number of unbranched alkanes of at least 4 members (excludes halogenated alkanes) is 5. The minimum atomic E-state index is -0.456. The van der Waals surface area contributed by atoms with Crippen molar-refractivity contribution in [2.24, 2.45) is 0 Å². The summed E-state index contributed by atoms with van der Waals surface area (Å²) in [6.45, 7) is 3.48. The maximum atomic E-state index is 11.8. The van der Waals surface area contributed by atoms with Crippen LogP contribution < -0.4 is 39.0 Å². The van der Waals surface area contributed by atoms with Crippen LogP contribution in [0, 0.1) is 6.07 Å². The molecule has 0 fully saturated rings. The molecule has 5 heteroatoms. The van der Waals surface area contributed by atoms with Gasteiger partial charge in [-0.3, -0.25) is 9.59 Å². The molecular weight excluding hydrogens is 291 g/mol. The van der Waals surface area contributed by atoms with E-state index >= 15 is 0 Å². The van der Waals surface area contributed by atoms with E-state index < -0.39 is 5.97 Å². The Morgan fingerprint density at radius 1 is 1.05 bits per heavy atom. The van der Waals surface area contributed by atoms with Crippen LogP contribution in [0.15, 0.2) is 18.2 Å². The van der Waals surface area contributed by atoms with E-state index in [9.17, 15) is 9.59 Å². The third kappa shape index (κ3) is 9.23. The van der Waals surface area contributed by atoms with Crippen molar-refractivity contribution in [1.82, 2.24) is 0 Å². The van der Waals surface area contributed by atoms with Gasteiger partial charge in [-0.1, -0.05) is 39.0 Å². The van der Waals surface area contributed by atoms with Gasteiger partial charge in [-0.25, -0.2) is 0 Å². The second-order valence-electron chi connectivity index (χ2n) is 4.96. The molecule has 4 nitrogen and oxygen atoms in total. The van der Waals surface area contributed by atoms with E-state index in [-0.39, 0.29) is 47.0 Å². The van der Waals surface area contributed by atoms with Gasteiger partial charge in [0, 0.05) is 13.3 Å². The SMILES string of the molecule is CCCCCCCCC(=O)Oc1cc[c-]cc1OC(C)=O.[Na+]. The fourth-order valence-corrected chi connectivity index (χ4v) is 1.94. The smallest absolute Gasteiger partial charge is 0.487 e. The van der Waals surface area contributed by atoms with Crippen LogP contribution in [-0.2, 0) is 9.59 Å². The van der Waals surface area contributed by atoms with Crippen LogP contribution in [0.5, 0.6) is 11.5 Å². The molecule has 0 saturated carbocycles. The Labute approximate surface area is 154 Å². The van der Waals surface area contributed by atoms with E-state index in [2.05, 4.69) is 13.0 Å². The van der Waals surface area contributed by atoms with E-state index in [1.165, 1.54) is 32.3 Å². The van der Waals surface area contributed by atoms with Gasteiger partial charge in [0.15, 0.2) is 0 Å². The fourth-order valence-electron chi connectivity index (χ4n) is 1.94. The molecule has 1 rings (SSSR count). The topological polar surface area (TPSA) is 52.6 Å². The molecule has 0 radical (unpaired) electrons. The van der Waals surface area contributed by atoms with Crippen LogP contribution in [-0.4, -0.2) is 11.9 Å². The third-order valence-electron chi connectivity index (χ3n) is 3.00. The van der Waals surface area contributed by atoms with Gasteiger partial charge in [0.05, 0.1) is 11.5 Å². The zero-order valence-electron chi connectivity index (χ0n) is 13.8. The van der Waals surface area contributed by atoms with Gasteiger partial charge in [-0.2, -0.15) is 12.1 Å². The molecule has 0 aliphatic carbocycles. The van der Waals surface area contributed by atoms with E-state index in [1.54, 1.807) is 12.1 Å². The van der Waals surface area contributed by atoms with Gasteiger partial charge in [-0.05, 0) is 6.42 Å². The fraction of sp³-hybridized carbons (Fsp3) is 0.529. The molecule has 0 N–H and O–H groups in total. The summed E-state index contributed by atoms with van der Waals surface area (Å²) in [6, 6.07) is 7.44.